The fourth-order valence-corrected chi connectivity index (χ4v) is 1.76. The summed E-state index contributed by atoms with van der Waals surface area (Å²) < 4.78 is 27.9. The Morgan fingerprint density at radius 2 is 2.07 bits per heavy atom. The average molecular weight is 226 g/mol. The second-order valence-electron chi connectivity index (χ2n) is 2.67. The monoisotopic (exact) mass is 226 g/mol. The zero-order chi connectivity index (χ0) is 10.7. The van der Waals surface area contributed by atoms with Gasteiger partial charge < -0.3 is 4.74 Å². The maximum atomic E-state index is 11.9. The van der Waals surface area contributed by atoms with Gasteiger partial charge >= 0.3 is 6.61 Å². The molecule has 1 aromatic heterocycles. The smallest absolute Gasteiger partial charge is 0.389 e. The number of rotatable bonds is 3. The van der Waals surface area contributed by atoms with E-state index in [4.69, 9.17) is 0 Å². The molecule has 1 heterocycles. The van der Waals surface area contributed by atoms with Crippen molar-refractivity contribution in [3.63, 3.8) is 0 Å². The Kier molecular flexibility index (Phi) is 2.91. The predicted octanol–water partition coefficient (Wildman–Crippen LogP) is 3.21. The zero-order valence-corrected chi connectivity index (χ0v) is 8.30. The minimum atomic E-state index is -2.83. The first-order chi connectivity index (χ1) is 7.25. The highest BCUT2D eigenvalue weighted by Gasteiger charge is 2.09. The normalized spacial score (nSPS) is 10.6. The number of hydrogen-bond acceptors (Lipinski definition) is 3. The van der Waals surface area contributed by atoms with E-state index < -0.39 is 6.61 Å². The maximum Gasteiger partial charge on any atom is 0.389 e. The molecule has 0 unspecified atom stereocenters. The molecule has 0 N–H and O–H groups in total. The summed E-state index contributed by atoms with van der Waals surface area (Å²) in [6, 6.07) is 9.96. The van der Waals surface area contributed by atoms with Crippen LogP contribution in [0.5, 0.6) is 5.19 Å². The fraction of sp³-hybridized carbons (Fsp3) is 0.100. The summed E-state index contributed by atoms with van der Waals surface area (Å²) in [4.78, 5) is 3.92. The summed E-state index contributed by atoms with van der Waals surface area (Å²) in [6.45, 7) is -2.83. The molecular weight excluding hydrogens is 220 g/mol. The van der Waals surface area contributed by atoms with E-state index in [1.54, 1.807) is 29.6 Å². The molecule has 0 spiro atoms. The van der Waals surface area contributed by atoms with Crippen molar-refractivity contribution in [3.8, 4) is 16.5 Å². The molecule has 0 saturated carbocycles. The molecule has 0 amide bonds. The molecule has 5 heteroatoms. The highest BCUT2D eigenvalue weighted by atomic mass is 32.1. The van der Waals surface area contributed by atoms with E-state index in [1.807, 2.05) is 0 Å². The molecular formula is C10H6F2NOS. The third-order valence-corrected chi connectivity index (χ3v) is 2.42. The largest absolute Gasteiger partial charge is 0.408 e. The first-order valence-corrected chi connectivity index (χ1v) is 5.00. The van der Waals surface area contributed by atoms with Crippen LogP contribution in [0.4, 0.5) is 8.78 Å². The van der Waals surface area contributed by atoms with Crippen LogP contribution in [0.15, 0.2) is 29.6 Å². The Balaban J connectivity index is 2.21. The summed E-state index contributed by atoms with van der Waals surface area (Å²) in [5, 5.41) is 1.65. The quantitative estimate of drug-likeness (QED) is 0.801. The number of benzene rings is 1. The van der Waals surface area contributed by atoms with Crippen molar-refractivity contribution in [2.24, 2.45) is 0 Å². The van der Waals surface area contributed by atoms with Crippen molar-refractivity contribution >= 4 is 11.3 Å². The van der Waals surface area contributed by atoms with Crippen LogP contribution in [0.25, 0.3) is 11.3 Å². The number of alkyl halides is 2. The molecule has 0 aliphatic heterocycles. The topological polar surface area (TPSA) is 22.1 Å². The lowest BCUT2D eigenvalue weighted by atomic mass is 10.2. The van der Waals surface area contributed by atoms with Crippen LogP contribution < -0.4 is 4.74 Å². The summed E-state index contributed by atoms with van der Waals surface area (Å²) in [7, 11) is 0. The highest BCUT2D eigenvalue weighted by molar-refractivity contribution is 7.11. The SMILES string of the molecule is FC(F)Oc1nc(-c2cc[c]cc2)cs1. The van der Waals surface area contributed by atoms with Crippen molar-refractivity contribution in [1.82, 2.24) is 4.98 Å². The standard InChI is InChI=1S/C10H6F2NOS/c11-9(12)14-10-13-8(6-15-10)7-4-2-1-3-5-7/h2-6,9H. The van der Waals surface area contributed by atoms with Crippen LogP contribution >= 0.6 is 11.3 Å². The molecule has 2 rings (SSSR count). The molecule has 77 valence electrons. The molecule has 0 bridgehead atoms. The van der Waals surface area contributed by atoms with E-state index >= 15 is 0 Å². The number of thiazole rings is 1. The summed E-state index contributed by atoms with van der Waals surface area (Å²) in [6.07, 6.45) is 0. The van der Waals surface area contributed by atoms with Gasteiger partial charge in [-0.25, -0.2) is 4.98 Å². The fourth-order valence-electron chi connectivity index (χ4n) is 1.08. The molecule has 0 atom stereocenters. The molecule has 0 aliphatic carbocycles. The average Bonchev–Trinajstić information content (AvgIpc) is 2.67. The van der Waals surface area contributed by atoms with Gasteiger partial charge in [0.1, 0.15) is 0 Å². The van der Waals surface area contributed by atoms with Crippen LogP contribution in [0, 0.1) is 6.07 Å². The number of aromatic nitrogens is 1. The van der Waals surface area contributed by atoms with E-state index in [2.05, 4.69) is 15.8 Å². The van der Waals surface area contributed by atoms with Gasteiger partial charge in [-0.05, 0) is 6.07 Å². The molecule has 15 heavy (non-hydrogen) atoms. The first kappa shape index (κ1) is 10.0. The van der Waals surface area contributed by atoms with Gasteiger partial charge in [0.15, 0.2) is 0 Å². The van der Waals surface area contributed by atoms with Crippen LogP contribution in [-0.2, 0) is 0 Å². The van der Waals surface area contributed by atoms with Crippen LogP contribution in [0.1, 0.15) is 0 Å². The van der Waals surface area contributed by atoms with Crippen LogP contribution in [0.3, 0.4) is 0 Å². The number of ether oxygens (including phenoxy) is 1. The van der Waals surface area contributed by atoms with Crippen molar-refractivity contribution < 1.29 is 13.5 Å². The van der Waals surface area contributed by atoms with E-state index in [0.29, 0.717) is 5.69 Å². The second kappa shape index (κ2) is 4.35. The summed E-state index contributed by atoms with van der Waals surface area (Å²) in [5.74, 6) is 0. The molecule has 2 aromatic rings. The number of halogens is 2. The van der Waals surface area contributed by atoms with Gasteiger partial charge in [0.25, 0.3) is 5.19 Å². The van der Waals surface area contributed by atoms with Crippen molar-refractivity contribution in [3.05, 3.63) is 35.7 Å². The van der Waals surface area contributed by atoms with Gasteiger partial charge in [-0.3, -0.25) is 0 Å². The van der Waals surface area contributed by atoms with Crippen molar-refractivity contribution in [2.45, 2.75) is 6.61 Å². The maximum absolute atomic E-state index is 11.9. The second-order valence-corrected chi connectivity index (χ2v) is 3.49. The Morgan fingerprint density at radius 1 is 1.33 bits per heavy atom. The van der Waals surface area contributed by atoms with Gasteiger partial charge in [0.05, 0.1) is 5.69 Å². The number of nitrogens with zero attached hydrogens (tertiary/aromatic N) is 1. The van der Waals surface area contributed by atoms with Gasteiger partial charge in [0.2, 0.25) is 0 Å². The Bertz CT molecular complexity index is 430. The Hall–Kier alpha value is -1.49. The molecule has 0 aliphatic rings. The number of hydrogen-bond donors (Lipinski definition) is 0. The lowest BCUT2D eigenvalue weighted by Crippen LogP contribution is -2.01. The highest BCUT2D eigenvalue weighted by Crippen LogP contribution is 2.26. The van der Waals surface area contributed by atoms with Gasteiger partial charge in [0, 0.05) is 10.9 Å². The van der Waals surface area contributed by atoms with Crippen molar-refractivity contribution in [2.75, 3.05) is 0 Å². The van der Waals surface area contributed by atoms with E-state index in [0.717, 1.165) is 16.9 Å². The lowest BCUT2D eigenvalue weighted by Gasteiger charge is -1.97. The summed E-state index contributed by atoms with van der Waals surface area (Å²) >= 11 is 1.05. The third kappa shape index (κ3) is 2.50. The lowest BCUT2D eigenvalue weighted by molar-refractivity contribution is -0.0498. The third-order valence-electron chi connectivity index (χ3n) is 1.69. The van der Waals surface area contributed by atoms with Gasteiger partial charge in [-0.2, -0.15) is 8.78 Å². The summed E-state index contributed by atoms with van der Waals surface area (Å²) in [5.41, 5.74) is 1.48. The van der Waals surface area contributed by atoms with Gasteiger partial charge in [-0.1, -0.05) is 35.6 Å². The van der Waals surface area contributed by atoms with Crippen LogP contribution in [0.2, 0.25) is 0 Å². The van der Waals surface area contributed by atoms with Crippen LogP contribution in [-0.4, -0.2) is 11.6 Å². The van der Waals surface area contributed by atoms with E-state index in [-0.39, 0.29) is 5.19 Å². The predicted molar refractivity (Wildman–Crippen MR) is 53.0 cm³/mol. The van der Waals surface area contributed by atoms with E-state index in [9.17, 15) is 8.78 Å². The van der Waals surface area contributed by atoms with E-state index in [1.165, 1.54) is 0 Å². The minimum absolute atomic E-state index is 0.0205. The zero-order valence-electron chi connectivity index (χ0n) is 7.48. The minimum Gasteiger partial charge on any atom is -0.408 e. The molecule has 1 radical (unpaired) electrons. The van der Waals surface area contributed by atoms with Crippen molar-refractivity contribution in [1.29, 1.82) is 0 Å². The van der Waals surface area contributed by atoms with Gasteiger partial charge in [-0.15, -0.1) is 0 Å². The first-order valence-electron chi connectivity index (χ1n) is 4.12. The molecule has 2 nitrogen and oxygen atoms in total. The molecule has 1 aromatic carbocycles. The molecule has 0 fully saturated rings. The Labute approximate surface area is 89.2 Å². The molecule has 0 saturated heterocycles. The Morgan fingerprint density at radius 3 is 2.73 bits per heavy atom.